The number of benzene rings is 2. The van der Waals surface area contributed by atoms with Crippen LogP contribution in [0.4, 0.5) is 22.1 Å². The molecule has 0 saturated carbocycles. The van der Waals surface area contributed by atoms with Crippen LogP contribution in [-0.2, 0) is 0 Å². The Hall–Kier alpha value is -4.34. The van der Waals surface area contributed by atoms with Gasteiger partial charge in [0.2, 0.25) is 5.95 Å². The first kappa shape index (κ1) is 24.8. The maximum atomic E-state index is 13.0. The molecule has 2 heterocycles. The van der Waals surface area contributed by atoms with Crippen molar-refractivity contribution in [3.63, 3.8) is 0 Å². The average molecular weight is 486 g/mol. The first-order chi connectivity index (χ1) is 17.4. The molecule has 2 aromatic carbocycles. The van der Waals surface area contributed by atoms with Crippen molar-refractivity contribution in [3.8, 4) is 22.5 Å². The van der Waals surface area contributed by atoms with Crippen molar-refractivity contribution in [2.24, 2.45) is 11.8 Å². The van der Waals surface area contributed by atoms with Gasteiger partial charge in [-0.05, 0) is 51.6 Å². The van der Waals surface area contributed by atoms with Crippen molar-refractivity contribution in [2.75, 3.05) is 28.6 Å². The monoisotopic (exact) mass is 485 g/mol. The lowest BCUT2D eigenvalue weighted by Gasteiger charge is -2.30. The Kier molecular flexibility index (Phi) is 7.84. The summed E-state index contributed by atoms with van der Waals surface area (Å²) in [5.74, 6) is 1.70. The Bertz CT molecular complexity index is 1260. The number of urea groups is 1. The van der Waals surface area contributed by atoms with Gasteiger partial charge in [0.25, 0.3) is 0 Å². The van der Waals surface area contributed by atoms with Crippen molar-refractivity contribution in [3.05, 3.63) is 60.9 Å². The molecular weight excluding hydrogens is 454 g/mol. The van der Waals surface area contributed by atoms with E-state index < -0.39 is 6.03 Å². The number of anilines is 3. The molecule has 0 spiro atoms. The van der Waals surface area contributed by atoms with E-state index in [4.69, 9.17) is 0 Å². The quantitative estimate of drug-likeness (QED) is 0.302. The van der Waals surface area contributed by atoms with Crippen molar-refractivity contribution in [2.45, 2.75) is 27.7 Å². The number of hydrogen-bond donors (Lipinski definition) is 3. The highest BCUT2D eigenvalue weighted by atomic mass is 16.2. The number of aromatic amines is 1. The summed E-state index contributed by atoms with van der Waals surface area (Å²) in [7, 11) is 0. The summed E-state index contributed by atoms with van der Waals surface area (Å²) in [6, 6.07) is 15.3. The Morgan fingerprint density at radius 2 is 1.61 bits per heavy atom. The molecule has 186 valence electrons. The Morgan fingerprint density at radius 1 is 0.917 bits per heavy atom. The first-order valence-corrected chi connectivity index (χ1v) is 12.0. The van der Waals surface area contributed by atoms with E-state index in [1.165, 1.54) is 0 Å². The Labute approximate surface area is 210 Å². The minimum atomic E-state index is -0.415. The second-order valence-electron chi connectivity index (χ2n) is 9.37. The zero-order valence-corrected chi connectivity index (χ0v) is 20.9. The van der Waals surface area contributed by atoms with Crippen molar-refractivity contribution >= 4 is 23.4 Å². The highest BCUT2D eigenvalue weighted by Gasteiger charge is 2.19. The van der Waals surface area contributed by atoms with Gasteiger partial charge >= 0.3 is 6.03 Å². The third kappa shape index (κ3) is 6.21. The fourth-order valence-electron chi connectivity index (χ4n) is 4.07. The molecule has 10 heteroatoms. The minimum absolute atomic E-state index is 0.233. The highest BCUT2D eigenvalue weighted by Crippen LogP contribution is 2.36. The van der Waals surface area contributed by atoms with Gasteiger partial charge in [0.1, 0.15) is 0 Å². The van der Waals surface area contributed by atoms with Crippen molar-refractivity contribution in [1.29, 1.82) is 0 Å². The molecule has 4 rings (SSSR count). The molecule has 0 aliphatic rings. The van der Waals surface area contributed by atoms with Crippen LogP contribution in [0.3, 0.4) is 0 Å². The van der Waals surface area contributed by atoms with Gasteiger partial charge in [-0.3, -0.25) is 5.32 Å². The third-order valence-corrected chi connectivity index (χ3v) is 5.39. The number of hydrogen-bond acceptors (Lipinski definition) is 7. The number of amides is 2. The molecule has 3 N–H and O–H groups in total. The summed E-state index contributed by atoms with van der Waals surface area (Å²) >= 11 is 0. The summed E-state index contributed by atoms with van der Waals surface area (Å²) in [4.78, 5) is 23.4. The van der Waals surface area contributed by atoms with Crippen LogP contribution < -0.4 is 15.5 Å². The normalized spacial score (nSPS) is 11.1. The molecule has 0 aliphatic heterocycles. The lowest BCUT2D eigenvalue weighted by atomic mass is 9.98. The van der Waals surface area contributed by atoms with Crippen LogP contribution >= 0.6 is 0 Å². The topological polar surface area (TPSA) is 125 Å². The highest BCUT2D eigenvalue weighted by molar-refractivity contribution is 6.02. The number of nitrogens with one attached hydrogen (secondary N) is 3. The van der Waals surface area contributed by atoms with Gasteiger partial charge in [0.05, 0.1) is 11.4 Å². The van der Waals surface area contributed by atoms with Crippen molar-refractivity contribution in [1.82, 2.24) is 30.6 Å². The molecule has 0 atom stereocenters. The summed E-state index contributed by atoms with van der Waals surface area (Å²) in [6.45, 7) is 10.5. The molecule has 0 unspecified atom stereocenters. The van der Waals surface area contributed by atoms with Crippen LogP contribution in [0.15, 0.2) is 60.9 Å². The lowest BCUT2D eigenvalue weighted by molar-refractivity contribution is 0.262. The molecule has 4 aromatic rings. The maximum Gasteiger partial charge on any atom is 0.326 e. The number of carbonyl (C=O) groups is 1. The van der Waals surface area contributed by atoms with Gasteiger partial charge in [0, 0.05) is 31.0 Å². The smallest absolute Gasteiger partial charge is 0.326 e. The lowest BCUT2D eigenvalue weighted by Crippen LogP contribution is -2.32. The second-order valence-corrected chi connectivity index (χ2v) is 9.37. The van der Waals surface area contributed by atoms with E-state index in [1.807, 2.05) is 30.3 Å². The van der Waals surface area contributed by atoms with Gasteiger partial charge in [-0.15, -0.1) is 5.10 Å². The van der Waals surface area contributed by atoms with Crippen molar-refractivity contribution < 1.29 is 4.79 Å². The van der Waals surface area contributed by atoms with E-state index in [-0.39, 0.29) is 5.95 Å². The van der Waals surface area contributed by atoms with Gasteiger partial charge < -0.3 is 10.2 Å². The number of carbonyl (C=O) groups excluding carboxylic acids is 1. The SMILES string of the molecule is CC(C)CN(CC(C)C)c1ccc(-c2ccccc2-c2nnn[nH]2)cc1NC(=O)Nc1ncccn1. The second kappa shape index (κ2) is 11.4. The Balaban J connectivity index is 1.75. The molecule has 2 aromatic heterocycles. The molecule has 0 saturated heterocycles. The molecule has 0 fully saturated rings. The first-order valence-electron chi connectivity index (χ1n) is 12.0. The predicted octanol–water partition coefficient (Wildman–Crippen LogP) is 5.09. The van der Waals surface area contributed by atoms with Gasteiger partial charge in [-0.1, -0.05) is 58.0 Å². The molecule has 0 bridgehead atoms. The van der Waals surface area contributed by atoms with E-state index in [0.29, 0.717) is 23.3 Å². The maximum absolute atomic E-state index is 13.0. The average Bonchev–Trinajstić information content (AvgIpc) is 3.38. The number of aromatic nitrogens is 6. The van der Waals surface area contributed by atoms with Gasteiger partial charge in [-0.25, -0.2) is 19.9 Å². The minimum Gasteiger partial charge on any atom is -0.369 e. The molecule has 2 amide bonds. The van der Waals surface area contributed by atoms with Crippen LogP contribution in [0.2, 0.25) is 0 Å². The van der Waals surface area contributed by atoms with E-state index >= 15 is 0 Å². The molecule has 0 radical (unpaired) electrons. The van der Waals surface area contributed by atoms with Gasteiger partial charge in [-0.2, -0.15) is 0 Å². The number of rotatable bonds is 9. The molecule has 10 nitrogen and oxygen atoms in total. The van der Waals surface area contributed by atoms with Gasteiger partial charge in [0.15, 0.2) is 5.82 Å². The fourth-order valence-corrected chi connectivity index (χ4v) is 4.07. The largest absolute Gasteiger partial charge is 0.369 e. The zero-order valence-electron chi connectivity index (χ0n) is 20.9. The third-order valence-electron chi connectivity index (χ3n) is 5.39. The molecule has 0 aliphatic carbocycles. The predicted molar refractivity (Wildman–Crippen MR) is 142 cm³/mol. The zero-order chi connectivity index (χ0) is 25.5. The van der Waals surface area contributed by atoms with E-state index in [0.717, 1.165) is 35.5 Å². The summed E-state index contributed by atoms with van der Waals surface area (Å²) in [6.07, 6.45) is 3.16. The van der Waals surface area contributed by atoms with Crippen LogP contribution in [0, 0.1) is 11.8 Å². The fraction of sp³-hybridized carbons (Fsp3) is 0.308. The van der Waals surface area contributed by atoms with Crippen LogP contribution in [-0.4, -0.2) is 49.7 Å². The number of H-pyrrole nitrogens is 1. The Morgan fingerprint density at radius 3 is 2.25 bits per heavy atom. The molecular formula is C26H31N9O. The number of nitrogens with zero attached hydrogens (tertiary/aromatic N) is 6. The van der Waals surface area contributed by atoms with Crippen LogP contribution in [0.1, 0.15) is 27.7 Å². The van der Waals surface area contributed by atoms with E-state index in [2.05, 4.69) is 86.0 Å². The summed E-state index contributed by atoms with van der Waals surface area (Å²) in [5, 5.41) is 20.1. The summed E-state index contributed by atoms with van der Waals surface area (Å²) < 4.78 is 0. The summed E-state index contributed by atoms with van der Waals surface area (Å²) in [5.41, 5.74) is 4.36. The van der Waals surface area contributed by atoms with E-state index in [1.54, 1.807) is 18.5 Å². The van der Waals surface area contributed by atoms with Crippen LogP contribution in [0.25, 0.3) is 22.5 Å². The van der Waals surface area contributed by atoms with Crippen LogP contribution in [0.5, 0.6) is 0 Å². The van der Waals surface area contributed by atoms with E-state index in [9.17, 15) is 4.79 Å². The molecule has 36 heavy (non-hydrogen) atoms. The number of tetrazole rings is 1. The standard InChI is InChI=1S/C26H31N9O/c1-17(2)15-35(16-18(3)4)23-11-10-19(20-8-5-6-9-21(20)24-31-33-34-32-24)14-22(23)29-26(36)30-25-27-12-7-13-28-25/h5-14,17-18H,15-16H2,1-4H3,(H,31,32,33,34)(H2,27,28,29,30,36).